The van der Waals surface area contributed by atoms with Gasteiger partial charge in [-0.3, -0.25) is 4.79 Å². The highest BCUT2D eigenvalue weighted by Gasteiger charge is 2.52. The first-order chi connectivity index (χ1) is 7.61. The van der Waals surface area contributed by atoms with E-state index in [1.54, 1.807) is 12.1 Å². The Morgan fingerprint density at radius 3 is 2.75 bits per heavy atom. The Hall–Kier alpha value is -1.84. The molecule has 1 saturated carbocycles. The number of carbonyl (C=O) groups is 2. The van der Waals surface area contributed by atoms with Crippen LogP contribution in [0.4, 0.5) is 5.69 Å². The molecule has 0 bridgehead atoms. The fraction of sp³-hybridized carbons (Fsp3) is 0.333. The number of benzene rings is 1. The maximum atomic E-state index is 11.8. The third-order valence-electron chi connectivity index (χ3n) is 3.47. The summed E-state index contributed by atoms with van der Waals surface area (Å²) >= 11 is 0. The second-order valence-electron chi connectivity index (χ2n) is 4.59. The summed E-state index contributed by atoms with van der Waals surface area (Å²) in [5.74, 6) is -0.925. The first-order valence-electron chi connectivity index (χ1n) is 5.28. The Labute approximate surface area is 92.3 Å². The van der Waals surface area contributed by atoms with Gasteiger partial charge in [-0.2, -0.15) is 0 Å². The van der Waals surface area contributed by atoms with Crippen LogP contribution in [-0.2, 0) is 11.2 Å². The number of anilines is 1. The van der Waals surface area contributed by atoms with Crippen molar-refractivity contribution in [1.82, 2.24) is 0 Å². The zero-order valence-corrected chi connectivity index (χ0v) is 8.62. The van der Waals surface area contributed by atoms with E-state index in [4.69, 9.17) is 5.11 Å². The van der Waals surface area contributed by atoms with Gasteiger partial charge in [0.2, 0.25) is 5.91 Å². The monoisotopic (exact) mass is 217 g/mol. The lowest BCUT2D eigenvalue weighted by atomic mass is 9.90. The topological polar surface area (TPSA) is 66.4 Å². The van der Waals surface area contributed by atoms with Crippen molar-refractivity contribution in [3.8, 4) is 0 Å². The van der Waals surface area contributed by atoms with Crippen LogP contribution in [0.15, 0.2) is 18.2 Å². The van der Waals surface area contributed by atoms with Gasteiger partial charge in [0.15, 0.2) is 0 Å². The second-order valence-corrected chi connectivity index (χ2v) is 4.59. The minimum Gasteiger partial charge on any atom is -0.478 e. The minimum atomic E-state index is -0.969. The summed E-state index contributed by atoms with van der Waals surface area (Å²) in [5.41, 5.74) is 1.73. The van der Waals surface area contributed by atoms with Crippen molar-refractivity contribution in [3.05, 3.63) is 29.3 Å². The molecule has 4 heteroatoms. The van der Waals surface area contributed by atoms with Crippen LogP contribution in [-0.4, -0.2) is 17.0 Å². The molecular weight excluding hydrogens is 206 g/mol. The number of amides is 1. The lowest BCUT2D eigenvalue weighted by Gasteiger charge is -2.24. The van der Waals surface area contributed by atoms with Gasteiger partial charge in [-0.1, -0.05) is 6.07 Å². The van der Waals surface area contributed by atoms with Gasteiger partial charge >= 0.3 is 5.97 Å². The summed E-state index contributed by atoms with van der Waals surface area (Å²) in [5, 5.41) is 11.7. The third-order valence-corrected chi connectivity index (χ3v) is 3.47. The molecule has 2 N–H and O–H groups in total. The Bertz CT molecular complexity index is 503. The van der Waals surface area contributed by atoms with Gasteiger partial charge in [-0.05, 0) is 37.0 Å². The van der Waals surface area contributed by atoms with Gasteiger partial charge < -0.3 is 10.4 Å². The number of rotatable bonds is 1. The van der Waals surface area contributed by atoms with Crippen LogP contribution in [0.5, 0.6) is 0 Å². The van der Waals surface area contributed by atoms with Crippen molar-refractivity contribution in [2.75, 3.05) is 5.32 Å². The molecule has 2 aliphatic rings. The molecule has 1 heterocycles. The van der Waals surface area contributed by atoms with Crippen molar-refractivity contribution in [3.63, 3.8) is 0 Å². The normalized spacial score (nSPS) is 20.1. The van der Waals surface area contributed by atoms with E-state index in [9.17, 15) is 9.59 Å². The molecule has 82 valence electrons. The number of hydrogen-bond acceptors (Lipinski definition) is 2. The second kappa shape index (κ2) is 2.84. The molecule has 1 spiro atoms. The Kier molecular flexibility index (Phi) is 1.67. The zero-order chi connectivity index (χ0) is 11.3. The molecule has 4 nitrogen and oxygen atoms in total. The molecule has 0 unspecified atom stereocenters. The molecule has 1 aliphatic heterocycles. The Morgan fingerprint density at radius 2 is 2.12 bits per heavy atom. The fourth-order valence-electron chi connectivity index (χ4n) is 2.23. The van der Waals surface area contributed by atoms with Crippen LogP contribution >= 0.6 is 0 Å². The number of aromatic carboxylic acids is 1. The molecule has 0 aromatic heterocycles. The lowest BCUT2D eigenvalue weighted by Crippen LogP contribution is -2.31. The van der Waals surface area contributed by atoms with Gasteiger partial charge in [0.1, 0.15) is 0 Å². The predicted molar refractivity (Wildman–Crippen MR) is 57.4 cm³/mol. The highest BCUT2D eigenvalue weighted by atomic mass is 16.4. The van der Waals surface area contributed by atoms with E-state index < -0.39 is 5.97 Å². The summed E-state index contributed by atoms with van der Waals surface area (Å²) in [6.07, 6.45) is 2.63. The van der Waals surface area contributed by atoms with Crippen LogP contribution in [0, 0.1) is 5.41 Å². The van der Waals surface area contributed by atoms with E-state index >= 15 is 0 Å². The van der Waals surface area contributed by atoms with E-state index in [0.29, 0.717) is 5.69 Å². The van der Waals surface area contributed by atoms with E-state index in [1.807, 2.05) is 0 Å². The van der Waals surface area contributed by atoms with Crippen molar-refractivity contribution < 1.29 is 14.7 Å². The van der Waals surface area contributed by atoms with Gasteiger partial charge in [0.05, 0.1) is 11.0 Å². The van der Waals surface area contributed by atoms with Crippen LogP contribution in [0.1, 0.15) is 28.8 Å². The Balaban J connectivity index is 2.02. The summed E-state index contributed by atoms with van der Waals surface area (Å²) in [4.78, 5) is 22.6. The average Bonchev–Trinajstić information content (AvgIpc) is 3.00. The maximum absolute atomic E-state index is 11.8. The fourth-order valence-corrected chi connectivity index (χ4v) is 2.23. The van der Waals surface area contributed by atoms with Gasteiger partial charge in [-0.25, -0.2) is 4.79 Å². The number of carbonyl (C=O) groups excluding carboxylic acids is 1. The predicted octanol–water partition coefficient (Wildman–Crippen LogP) is 1.66. The van der Waals surface area contributed by atoms with Gasteiger partial charge in [-0.15, -0.1) is 0 Å². The first-order valence-corrected chi connectivity index (χ1v) is 5.28. The quantitative estimate of drug-likeness (QED) is 0.751. The molecule has 16 heavy (non-hydrogen) atoms. The van der Waals surface area contributed by atoms with Crippen LogP contribution < -0.4 is 5.32 Å². The molecular formula is C12H11NO3. The third kappa shape index (κ3) is 1.23. The average molecular weight is 217 g/mol. The van der Waals surface area contributed by atoms with Crippen molar-refractivity contribution in [1.29, 1.82) is 0 Å². The Morgan fingerprint density at radius 1 is 1.38 bits per heavy atom. The van der Waals surface area contributed by atoms with E-state index in [-0.39, 0.29) is 16.9 Å². The van der Waals surface area contributed by atoms with Gasteiger partial charge in [0, 0.05) is 5.69 Å². The molecule has 1 aliphatic carbocycles. The summed E-state index contributed by atoms with van der Waals surface area (Å²) in [6, 6.07) is 4.93. The highest BCUT2D eigenvalue weighted by molar-refractivity contribution is 6.01. The molecule has 1 fully saturated rings. The lowest BCUT2D eigenvalue weighted by molar-refractivity contribution is -0.121. The molecule has 0 saturated heterocycles. The van der Waals surface area contributed by atoms with Crippen molar-refractivity contribution in [2.45, 2.75) is 19.3 Å². The summed E-state index contributed by atoms with van der Waals surface area (Å²) in [6.45, 7) is 0. The van der Waals surface area contributed by atoms with Crippen LogP contribution in [0.3, 0.4) is 0 Å². The van der Waals surface area contributed by atoms with E-state index in [0.717, 1.165) is 24.8 Å². The molecule has 1 amide bonds. The van der Waals surface area contributed by atoms with E-state index in [2.05, 4.69) is 5.32 Å². The minimum absolute atomic E-state index is 0.0440. The SMILES string of the molecule is O=C(O)c1ccc2c(c1)NC(=O)C1(CC1)C2. The van der Waals surface area contributed by atoms with Gasteiger partial charge in [0.25, 0.3) is 0 Å². The number of carboxylic acid groups (broad SMARTS) is 1. The number of carboxylic acids is 1. The van der Waals surface area contributed by atoms with Crippen molar-refractivity contribution in [2.24, 2.45) is 5.41 Å². The van der Waals surface area contributed by atoms with Crippen LogP contribution in [0.2, 0.25) is 0 Å². The zero-order valence-electron chi connectivity index (χ0n) is 8.62. The summed E-state index contributed by atoms with van der Waals surface area (Å²) < 4.78 is 0. The highest BCUT2D eigenvalue weighted by Crippen LogP contribution is 2.52. The maximum Gasteiger partial charge on any atom is 0.335 e. The standard InChI is InChI=1S/C12H11NO3/c14-10(15)7-1-2-8-6-12(3-4-12)11(16)13-9(8)5-7/h1-2,5H,3-4,6H2,(H,13,16)(H,14,15). The molecule has 3 rings (SSSR count). The largest absolute Gasteiger partial charge is 0.478 e. The first kappa shape index (κ1) is 9.39. The molecule has 1 aromatic carbocycles. The molecule has 0 radical (unpaired) electrons. The number of nitrogens with one attached hydrogen (secondary N) is 1. The summed E-state index contributed by atoms with van der Waals surface area (Å²) in [7, 11) is 0. The van der Waals surface area contributed by atoms with E-state index in [1.165, 1.54) is 6.07 Å². The van der Waals surface area contributed by atoms with Crippen LogP contribution in [0.25, 0.3) is 0 Å². The molecule has 0 atom stereocenters. The molecule has 1 aromatic rings. The van der Waals surface area contributed by atoms with Crippen molar-refractivity contribution >= 4 is 17.6 Å². The smallest absolute Gasteiger partial charge is 0.335 e. The number of fused-ring (bicyclic) bond motifs is 1. The number of hydrogen-bond donors (Lipinski definition) is 2.